The molecule has 0 aliphatic carbocycles. The molecule has 4 heteroatoms. The zero-order valence-corrected chi connectivity index (χ0v) is 15.8. The molecule has 0 aromatic heterocycles. The predicted molar refractivity (Wildman–Crippen MR) is 75.8 cm³/mol. The van der Waals surface area contributed by atoms with Crippen LogP contribution in [-0.4, -0.2) is 41.5 Å². The van der Waals surface area contributed by atoms with E-state index in [0.717, 1.165) is 5.75 Å². The summed E-state index contributed by atoms with van der Waals surface area (Å²) in [6.45, 7) is 4.46. The van der Waals surface area contributed by atoms with E-state index >= 15 is 0 Å². The number of ether oxygens (including phenoxy) is 1. The van der Waals surface area contributed by atoms with E-state index in [1.54, 1.807) is 7.11 Å². The Morgan fingerprint density at radius 2 is 1.94 bits per heavy atom. The van der Waals surface area contributed by atoms with Gasteiger partial charge in [-0.3, -0.25) is 0 Å². The third kappa shape index (κ3) is 3.59. The van der Waals surface area contributed by atoms with Gasteiger partial charge in [-0.25, -0.2) is 0 Å². The van der Waals surface area contributed by atoms with E-state index in [-0.39, 0.29) is 0 Å². The molecule has 0 amide bonds. The molecule has 0 spiro atoms. The van der Waals surface area contributed by atoms with Crippen molar-refractivity contribution >= 4 is 47.8 Å². The molecule has 0 aliphatic heterocycles. The van der Waals surface area contributed by atoms with Gasteiger partial charge in [-0.05, 0) is 0 Å². The molecule has 0 aliphatic rings. The second kappa shape index (κ2) is 6.58. The summed E-state index contributed by atoms with van der Waals surface area (Å²) in [7, 11) is 3.80. The summed E-state index contributed by atoms with van der Waals surface area (Å²) >= 11 is 2.00. The Labute approximate surface area is 117 Å². The molecule has 0 heterocycles. The van der Waals surface area contributed by atoms with Crippen molar-refractivity contribution in [1.29, 1.82) is 0 Å². The Hall–Kier alpha value is 0.688. The van der Waals surface area contributed by atoms with Crippen molar-refractivity contribution in [2.45, 2.75) is 34.5 Å². The molecule has 1 nitrogen and oxygen atoms in total. The van der Waals surface area contributed by atoms with E-state index in [1.807, 2.05) is 8.95 Å². The fourth-order valence-electron chi connectivity index (χ4n) is 1.48. The van der Waals surface area contributed by atoms with Crippen LogP contribution in [-0.2, 0) is 0 Å². The van der Waals surface area contributed by atoms with Gasteiger partial charge in [0, 0.05) is 0 Å². The molecule has 1 rings (SSSR count). The van der Waals surface area contributed by atoms with Crippen LogP contribution in [0.25, 0.3) is 0 Å². The SMILES string of the molecule is COc1ccc(C(C)C)c([Se])c1[S][Sn]([CH3])[CH3]. The van der Waals surface area contributed by atoms with Crippen LogP contribution in [0.5, 0.6) is 5.75 Å². The second-order valence-electron chi connectivity index (χ2n) is 4.18. The maximum atomic E-state index is 5.45. The average molecular weight is 408 g/mol. The van der Waals surface area contributed by atoms with Crippen molar-refractivity contribution in [3.05, 3.63) is 17.7 Å². The molecule has 0 saturated heterocycles. The summed E-state index contributed by atoms with van der Waals surface area (Å²) in [6.07, 6.45) is 0. The molecule has 1 aromatic rings. The minimum atomic E-state index is -1.23. The third-order valence-corrected chi connectivity index (χ3v) is 9.73. The molecule has 88 valence electrons. The van der Waals surface area contributed by atoms with Crippen LogP contribution in [0.1, 0.15) is 25.3 Å². The summed E-state index contributed by atoms with van der Waals surface area (Å²) in [5, 5.41) is 0. The van der Waals surface area contributed by atoms with Crippen LogP contribution in [0.2, 0.25) is 9.88 Å². The molecule has 1 aromatic carbocycles. The first-order chi connectivity index (χ1) is 7.47. The molecule has 0 saturated carbocycles. The number of methoxy groups -OCH3 is 1. The van der Waals surface area contributed by atoms with E-state index in [0.29, 0.717) is 5.92 Å². The Morgan fingerprint density at radius 1 is 1.31 bits per heavy atom. The van der Waals surface area contributed by atoms with Crippen molar-refractivity contribution in [2.24, 2.45) is 0 Å². The predicted octanol–water partition coefficient (Wildman–Crippen LogP) is 2.96. The normalized spacial score (nSPS) is 11.2. The number of benzene rings is 1. The van der Waals surface area contributed by atoms with Crippen LogP contribution in [0, 0.1) is 0 Å². The van der Waals surface area contributed by atoms with E-state index < -0.39 is 18.4 Å². The summed E-state index contributed by atoms with van der Waals surface area (Å²) in [5.74, 6) is 1.58. The van der Waals surface area contributed by atoms with Crippen molar-refractivity contribution in [3.8, 4) is 5.75 Å². The first-order valence-electron chi connectivity index (χ1n) is 5.33. The van der Waals surface area contributed by atoms with Crippen molar-refractivity contribution in [1.82, 2.24) is 0 Å². The monoisotopic (exact) mass is 410 g/mol. The van der Waals surface area contributed by atoms with Gasteiger partial charge in [0.2, 0.25) is 0 Å². The van der Waals surface area contributed by atoms with Gasteiger partial charge >= 0.3 is 118 Å². The molecule has 0 fully saturated rings. The molecule has 2 radical (unpaired) electrons. The van der Waals surface area contributed by atoms with Crippen LogP contribution in [0.4, 0.5) is 0 Å². The van der Waals surface area contributed by atoms with Crippen molar-refractivity contribution in [2.75, 3.05) is 7.11 Å². The van der Waals surface area contributed by atoms with Gasteiger partial charge in [-0.15, -0.1) is 0 Å². The average Bonchev–Trinajstić information content (AvgIpc) is 2.19. The van der Waals surface area contributed by atoms with E-state index in [4.69, 9.17) is 4.74 Å². The number of hydrogen-bond donors (Lipinski definition) is 0. The molecular formula is C12H18OSSeSn. The van der Waals surface area contributed by atoms with Crippen LogP contribution >= 0.6 is 8.95 Å². The molecule has 0 bridgehead atoms. The topological polar surface area (TPSA) is 9.23 Å². The molecule has 0 atom stereocenters. The third-order valence-electron chi connectivity index (χ3n) is 2.25. The van der Waals surface area contributed by atoms with Gasteiger partial charge in [0.25, 0.3) is 0 Å². The van der Waals surface area contributed by atoms with Crippen LogP contribution in [0.15, 0.2) is 17.0 Å². The first kappa shape index (κ1) is 14.7. The van der Waals surface area contributed by atoms with Gasteiger partial charge in [0.1, 0.15) is 0 Å². The second-order valence-corrected chi connectivity index (χ2v) is 18.1. The molecular weight excluding hydrogens is 390 g/mol. The fourth-order valence-corrected chi connectivity index (χ4v) is 10.1. The van der Waals surface area contributed by atoms with E-state index in [2.05, 4.69) is 51.9 Å². The summed E-state index contributed by atoms with van der Waals surface area (Å²) in [5.41, 5.74) is 1.40. The van der Waals surface area contributed by atoms with Gasteiger partial charge in [0.15, 0.2) is 0 Å². The zero-order chi connectivity index (χ0) is 12.3. The first-order valence-corrected chi connectivity index (χ1v) is 16.2. The summed E-state index contributed by atoms with van der Waals surface area (Å²) in [4.78, 5) is 6.12. The number of hydrogen-bond acceptors (Lipinski definition) is 2. The molecule has 0 N–H and O–H groups in total. The van der Waals surface area contributed by atoms with E-state index in [1.165, 1.54) is 14.9 Å². The Morgan fingerprint density at radius 3 is 2.38 bits per heavy atom. The minimum absolute atomic E-state index is 0.558. The van der Waals surface area contributed by atoms with Crippen LogP contribution in [0.3, 0.4) is 0 Å². The number of rotatable bonds is 4. The quantitative estimate of drug-likeness (QED) is 0.710. The summed E-state index contributed by atoms with van der Waals surface area (Å²) in [6, 6.07) is 4.28. The zero-order valence-electron chi connectivity index (χ0n) is 10.5. The fraction of sp³-hybridized carbons (Fsp3) is 0.500. The van der Waals surface area contributed by atoms with Gasteiger partial charge in [-0.2, -0.15) is 0 Å². The standard InChI is InChI=1S/C10H13OSSe.2CH3.Sn/c1-6(2)7-4-5-8(11-3)9(12)10(7)13;;;/h4-6,12H,1-3H3;2*1H3;/q;;;+1/p-1. The van der Waals surface area contributed by atoms with Gasteiger partial charge in [-0.1, -0.05) is 0 Å². The summed E-state index contributed by atoms with van der Waals surface area (Å²) < 4.78 is 6.75. The molecule has 16 heavy (non-hydrogen) atoms. The van der Waals surface area contributed by atoms with Gasteiger partial charge < -0.3 is 0 Å². The molecule has 0 unspecified atom stereocenters. The van der Waals surface area contributed by atoms with Crippen molar-refractivity contribution in [3.63, 3.8) is 0 Å². The maximum absolute atomic E-state index is 5.45. The van der Waals surface area contributed by atoms with E-state index in [9.17, 15) is 0 Å². The Kier molecular flexibility index (Phi) is 6.06. The Balaban J connectivity index is 3.23. The van der Waals surface area contributed by atoms with Gasteiger partial charge in [0.05, 0.1) is 0 Å². The Bertz CT molecular complexity index is 366. The van der Waals surface area contributed by atoms with Crippen LogP contribution < -0.4 is 9.20 Å². The van der Waals surface area contributed by atoms with Crippen molar-refractivity contribution < 1.29 is 4.74 Å².